The van der Waals surface area contributed by atoms with Crippen molar-refractivity contribution in [3.05, 3.63) is 35.9 Å². The molecule has 6 nitrogen and oxygen atoms in total. The normalized spacial score (nSPS) is 14.0. The predicted molar refractivity (Wildman–Crippen MR) is 101 cm³/mol. The number of hydrogen-bond donors (Lipinski definition) is 0. The fourth-order valence-corrected chi connectivity index (χ4v) is 3.37. The molecule has 1 amide bonds. The fourth-order valence-electron chi connectivity index (χ4n) is 3.37. The van der Waals surface area contributed by atoms with Crippen molar-refractivity contribution >= 4 is 11.8 Å². The van der Waals surface area contributed by atoms with E-state index in [4.69, 9.17) is 9.26 Å². The number of carbonyl (C=O) groups excluding carboxylic acids is 1. The Labute approximate surface area is 154 Å². The Balaban J connectivity index is 1.91. The number of nitrogens with zero attached hydrogens (tertiary/aromatic N) is 3. The Kier molecular flexibility index (Phi) is 6.28. The van der Waals surface area contributed by atoms with Crippen LogP contribution < -0.4 is 4.90 Å². The molecular formula is C20H27N3O3. The Hall–Kier alpha value is -2.34. The minimum Gasteiger partial charge on any atom is -0.385 e. The van der Waals surface area contributed by atoms with Crippen LogP contribution >= 0.6 is 0 Å². The first-order valence-electron chi connectivity index (χ1n) is 9.24. The van der Waals surface area contributed by atoms with E-state index in [0.29, 0.717) is 19.7 Å². The van der Waals surface area contributed by atoms with E-state index in [9.17, 15) is 4.79 Å². The van der Waals surface area contributed by atoms with Crippen molar-refractivity contribution in [1.29, 1.82) is 0 Å². The molecule has 0 unspecified atom stereocenters. The molecule has 0 aliphatic carbocycles. The zero-order valence-corrected chi connectivity index (χ0v) is 15.6. The minimum absolute atomic E-state index is 0.0497. The lowest BCUT2D eigenvalue weighted by atomic mass is 10.1. The maximum absolute atomic E-state index is 12.2. The molecule has 1 aromatic heterocycles. The molecule has 26 heavy (non-hydrogen) atoms. The molecule has 0 atom stereocenters. The summed E-state index contributed by atoms with van der Waals surface area (Å²) in [6, 6.07) is 10.0. The first kappa shape index (κ1) is 18.5. The maximum Gasteiger partial charge on any atom is 0.232 e. The lowest BCUT2D eigenvalue weighted by Gasteiger charge is -2.23. The highest BCUT2D eigenvalue weighted by Gasteiger charge is 2.26. The van der Waals surface area contributed by atoms with E-state index in [1.165, 1.54) is 0 Å². The average Bonchev–Trinajstić information content (AvgIpc) is 3.31. The van der Waals surface area contributed by atoms with Gasteiger partial charge in [-0.25, -0.2) is 0 Å². The van der Waals surface area contributed by atoms with E-state index in [2.05, 4.69) is 10.1 Å². The van der Waals surface area contributed by atoms with Gasteiger partial charge in [-0.3, -0.25) is 4.79 Å². The van der Waals surface area contributed by atoms with Crippen LogP contribution in [-0.4, -0.2) is 49.3 Å². The largest absolute Gasteiger partial charge is 0.385 e. The highest BCUT2D eigenvalue weighted by atomic mass is 16.5. The van der Waals surface area contributed by atoms with E-state index < -0.39 is 0 Å². The third-order valence-corrected chi connectivity index (χ3v) is 4.78. The number of methoxy groups -OCH3 is 1. The molecule has 0 saturated carbocycles. The number of benzene rings is 1. The number of ether oxygens (including phenoxy) is 1. The standard InChI is InChI=1S/C20H27N3O3/c1-16(24)23(13-8-14-25-2)15-18-19(17-9-4-3-5-10-17)21-26-20(18)22-11-6-7-12-22/h3-5,9-10H,6-8,11-15H2,1-2H3. The summed E-state index contributed by atoms with van der Waals surface area (Å²) in [4.78, 5) is 16.2. The lowest BCUT2D eigenvalue weighted by Crippen LogP contribution is -2.31. The molecule has 0 bridgehead atoms. The second-order valence-electron chi connectivity index (χ2n) is 6.66. The van der Waals surface area contributed by atoms with Crippen LogP contribution in [0.1, 0.15) is 31.7 Å². The van der Waals surface area contributed by atoms with Gasteiger partial charge in [-0.15, -0.1) is 0 Å². The second kappa shape index (κ2) is 8.85. The van der Waals surface area contributed by atoms with Crippen molar-refractivity contribution in [3.8, 4) is 11.3 Å². The minimum atomic E-state index is 0.0497. The summed E-state index contributed by atoms with van der Waals surface area (Å²) in [5, 5.41) is 4.36. The van der Waals surface area contributed by atoms with Crippen LogP contribution in [0.2, 0.25) is 0 Å². The molecule has 0 radical (unpaired) electrons. The van der Waals surface area contributed by atoms with Gasteiger partial charge < -0.3 is 19.1 Å². The third kappa shape index (κ3) is 4.25. The van der Waals surface area contributed by atoms with E-state index >= 15 is 0 Å². The SMILES string of the molecule is COCCCN(Cc1c(-c2ccccc2)noc1N1CCCC1)C(C)=O. The van der Waals surface area contributed by atoms with Crippen molar-refractivity contribution < 1.29 is 14.1 Å². The summed E-state index contributed by atoms with van der Waals surface area (Å²) in [7, 11) is 1.68. The number of aromatic nitrogens is 1. The van der Waals surface area contributed by atoms with Crippen LogP contribution in [0.5, 0.6) is 0 Å². The van der Waals surface area contributed by atoms with Crippen LogP contribution in [-0.2, 0) is 16.1 Å². The lowest BCUT2D eigenvalue weighted by molar-refractivity contribution is -0.129. The average molecular weight is 357 g/mol. The summed E-state index contributed by atoms with van der Waals surface area (Å²) in [6.07, 6.45) is 3.12. The summed E-state index contributed by atoms with van der Waals surface area (Å²) in [6.45, 7) is 5.34. The van der Waals surface area contributed by atoms with Gasteiger partial charge in [0.05, 0.1) is 12.1 Å². The Bertz CT molecular complexity index is 708. The van der Waals surface area contributed by atoms with Crippen molar-refractivity contribution in [2.24, 2.45) is 0 Å². The first-order chi connectivity index (χ1) is 12.7. The van der Waals surface area contributed by atoms with Crippen molar-refractivity contribution in [1.82, 2.24) is 10.1 Å². The maximum atomic E-state index is 12.2. The number of anilines is 1. The summed E-state index contributed by atoms with van der Waals surface area (Å²) in [5.41, 5.74) is 2.83. The molecule has 1 fully saturated rings. The molecule has 1 aliphatic rings. The van der Waals surface area contributed by atoms with Gasteiger partial charge in [0.1, 0.15) is 5.69 Å². The van der Waals surface area contributed by atoms with Crippen LogP contribution in [0.25, 0.3) is 11.3 Å². The van der Waals surface area contributed by atoms with Gasteiger partial charge in [0.25, 0.3) is 0 Å². The molecule has 1 saturated heterocycles. The van der Waals surface area contributed by atoms with E-state index in [1.807, 2.05) is 35.2 Å². The monoisotopic (exact) mass is 357 g/mol. The topological polar surface area (TPSA) is 58.8 Å². The zero-order chi connectivity index (χ0) is 18.4. The highest BCUT2D eigenvalue weighted by Crippen LogP contribution is 2.34. The van der Waals surface area contributed by atoms with Gasteiger partial charge in [0, 0.05) is 45.8 Å². The number of amides is 1. The zero-order valence-electron chi connectivity index (χ0n) is 15.6. The molecule has 1 aromatic carbocycles. The van der Waals surface area contributed by atoms with E-state index in [1.54, 1.807) is 14.0 Å². The number of rotatable bonds is 8. The van der Waals surface area contributed by atoms with Crippen molar-refractivity contribution in [3.63, 3.8) is 0 Å². The predicted octanol–water partition coefficient (Wildman–Crippen LogP) is 3.33. The van der Waals surface area contributed by atoms with Crippen LogP contribution in [0.3, 0.4) is 0 Å². The molecule has 0 spiro atoms. The molecule has 140 valence electrons. The van der Waals surface area contributed by atoms with Crippen LogP contribution in [0.15, 0.2) is 34.9 Å². The first-order valence-corrected chi connectivity index (χ1v) is 9.24. The molecule has 1 aliphatic heterocycles. The molecule has 2 heterocycles. The molecule has 0 N–H and O–H groups in total. The van der Waals surface area contributed by atoms with Crippen molar-refractivity contribution in [2.75, 3.05) is 38.3 Å². The Morgan fingerprint density at radius 2 is 2.00 bits per heavy atom. The second-order valence-corrected chi connectivity index (χ2v) is 6.66. The van der Waals surface area contributed by atoms with E-state index in [-0.39, 0.29) is 5.91 Å². The molecule has 6 heteroatoms. The van der Waals surface area contributed by atoms with Gasteiger partial charge in [-0.2, -0.15) is 0 Å². The smallest absolute Gasteiger partial charge is 0.232 e. The molecule has 3 rings (SSSR count). The van der Waals surface area contributed by atoms with Crippen molar-refractivity contribution in [2.45, 2.75) is 32.7 Å². The Morgan fingerprint density at radius 1 is 1.27 bits per heavy atom. The van der Waals surface area contributed by atoms with Gasteiger partial charge in [-0.05, 0) is 19.3 Å². The Morgan fingerprint density at radius 3 is 2.65 bits per heavy atom. The number of hydrogen-bond acceptors (Lipinski definition) is 5. The highest BCUT2D eigenvalue weighted by molar-refractivity contribution is 5.75. The summed E-state index contributed by atoms with van der Waals surface area (Å²) in [5.74, 6) is 0.855. The van der Waals surface area contributed by atoms with Crippen LogP contribution in [0.4, 0.5) is 5.88 Å². The van der Waals surface area contributed by atoms with Gasteiger partial charge in [-0.1, -0.05) is 35.5 Å². The summed E-state index contributed by atoms with van der Waals surface area (Å²) < 4.78 is 10.9. The van der Waals surface area contributed by atoms with Crippen LogP contribution in [0, 0.1) is 0 Å². The summed E-state index contributed by atoms with van der Waals surface area (Å²) >= 11 is 0. The molecular weight excluding hydrogens is 330 g/mol. The van der Waals surface area contributed by atoms with Gasteiger partial charge in [0.2, 0.25) is 11.8 Å². The number of carbonyl (C=O) groups is 1. The molecule has 2 aromatic rings. The van der Waals surface area contributed by atoms with Gasteiger partial charge >= 0.3 is 0 Å². The van der Waals surface area contributed by atoms with E-state index in [0.717, 1.165) is 55.1 Å². The van der Waals surface area contributed by atoms with Gasteiger partial charge in [0.15, 0.2) is 0 Å². The third-order valence-electron chi connectivity index (χ3n) is 4.78. The quantitative estimate of drug-likeness (QED) is 0.678. The fraction of sp³-hybridized carbons (Fsp3) is 0.500.